The van der Waals surface area contributed by atoms with Gasteiger partial charge in [0.25, 0.3) is 0 Å². The van der Waals surface area contributed by atoms with E-state index in [9.17, 15) is 39.5 Å². The Hall–Kier alpha value is -0.493. The number of alkyl halides is 9. The van der Waals surface area contributed by atoms with E-state index >= 15 is 0 Å². The van der Waals surface area contributed by atoms with E-state index in [2.05, 4.69) is 9.15 Å². The van der Waals surface area contributed by atoms with Crippen LogP contribution in [-0.4, -0.2) is 32.1 Å². The van der Waals surface area contributed by atoms with Gasteiger partial charge >= 0.3 is 32.1 Å². The fraction of sp³-hybridized carbons (Fsp3) is 1.00. The molecule has 0 aliphatic carbocycles. The highest BCUT2D eigenvalue weighted by molar-refractivity contribution is 6.73. The number of halogens is 9. The molecule has 0 bridgehead atoms. The van der Waals surface area contributed by atoms with Crippen LogP contribution in [0.4, 0.5) is 39.5 Å². The maximum absolute atomic E-state index is 12.9. The first-order valence-corrected chi connectivity index (χ1v) is 6.09. The highest BCUT2D eigenvalue weighted by Crippen LogP contribution is 2.58. The third-order valence-corrected chi connectivity index (χ3v) is 4.17. The van der Waals surface area contributed by atoms with E-state index in [4.69, 9.17) is 0 Å². The van der Waals surface area contributed by atoms with Crippen LogP contribution < -0.4 is 0 Å². The highest BCUT2D eigenvalue weighted by atomic mass is 28.4. The summed E-state index contributed by atoms with van der Waals surface area (Å²) in [5.41, 5.74) is -5.72. The van der Waals surface area contributed by atoms with Crippen LogP contribution in [0.1, 0.15) is 0 Å². The topological polar surface area (TPSA) is 25.1 Å². The molecule has 102 valence electrons. The van der Waals surface area contributed by atoms with Gasteiger partial charge in [-0.05, 0) is 6.55 Å². The third-order valence-electron chi connectivity index (χ3n) is 2.05. The summed E-state index contributed by atoms with van der Waals surface area (Å²) in [6.45, 7) is 0.243. The second kappa shape index (κ2) is 3.29. The number of hydrogen-bond donors (Lipinski definition) is 0. The maximum atomic E-state index is 12.9. The largest absolute Gasteiger partial charge is 0.480 e. The molecule has 1 aliphatic rings. The summed E-state index contributed by atoms with van der Waals surface area (Å²) in [4.78, 5) is 0. The van der Waals surface area contributed by atoms with E-state index in [0.717, 1.165) is 0 Å². The lowest BCUT2D eigenvalue weighted by Gasteiger charge is -2.33. The van der Waals surface area contributed by atoms with Crippen LogP contribution in [0.2, 0.25) is 6.55 Å². The van der Waals surface area contributed by atoms with Crippen molar-refractivity contribution in [3.05, 3.63) is 0 Å². The Morgan fingerprint density at radius 2 is 1.06 bits per heavy atom. The van der Waals surface area contributed by atoms with Crippen LogP contribution in [0.15, 0.2) is 0 Å². The van der Waals surface area contributed by atoms with Crippen molar-refractivity contribution >= 4 is 8.56 Å². The van der Waals surface area contributed by atoms with Crippen molar-refractivity contribution in [1.29, 1.82) is 0 Å². The normalized spacial score (nSPS) is 21.5. The Labute approximate surface area is 88.5 Å². The summed E-state index contributed by atoms with van der Waals surface area (Å²) in [6, 6.07) is 0. The van der Waals surface area contributed by atoms with Gasteiger partial charge in [-0.2, -0.15) is 39.5 Å². The number of rotatable bonds is 3. The van der Waals surface area contributed by atoms with Crippen LogP contribution >= 0.6 is 0 Å². The fourth-order valence-electron chi connectivity index (χ4n) is 0.828. The van der Waals surface area contributed by atoms with Crippen molar-refractivity contribution in [1.82, 2.24) is 0 Å². The lowest BCUT2D eigenvalue weighted by molar-refractivity contribution is -0.384. The van der Waals surface area contributed by atoms with Gasteiger partial charge in [0.1, 0.15) is 0 Å². The van der Waals surface area contributed by atoms with E-state index in [1.807, 2.05) is 0 Å². The zero-order chi connectivity index (χ0) is 13.9. The zero-order valence-corrected chi connectivity index (χ0v) is 8.72. The van der Waals surface area contributed by atoms with Crippen molar-refractivity contribution < 1.29 is 48.7 Å². The first kappa shape index (κ1) is 14.6. The molecule has 1 fully saturated rings. The van der Waals surface area contributed by atoms with E-state index < -0.39 is 32.1 Å². The summed E-state index contributed by atoms with van der Waals surface area (Å²) in [5, 5.41) is 0. The molecule has 0 spiro atoms. The molecular weight excluding hydrogens is 291 g/mol. The van der Waals surface area contributed by atoms with Crippen molar-refractivity contribution in [3.8, 4) is 0 Å². The average molecular weight is 294 g/mol. The summed E-state index contributed by atoms with van der Waals surface area (Å²) < 4.78 is 118. The van der Waals surface area contributed by atoms with Gasteiger partial charge in [0.05, 0.1) is 0 Å². The van der Waals surface area contributed by atoms with Crippen LogP contribution in [0, 0.1) is 0 Å². The van der Waals surface area contributed by atoms with Gasteiger partial charge in [-0.3, -0.25) is 0 Å². The molecule has 0 saturated carbocycles. The quantitative estimate of drug-likeness (QED) is 0.346. The fourth-order valence-corrected chi connectivity index (χ4v) is 2.26. The summed E-state index contributed by atoms with van der Waals surface area (Å²) in [7, 11) is -5.02. The Morgan fingerprint density at radius 3 is 1.29 bits per heavy atom. The second-order valence-corrected chi connectivity index (χ2v) is 6.19. The maximum Gasteiger partial charge on any atom is 0.480 e. The standard InChI is InChI=1S/C5H3F9O2Si/c1-17(15-16-17)5(13,14)3(8,9)2(6,7)4(10,11)12/h1H3. The second-order valence-electron chi connectivity index (χ2n) is 3.33. The lowest BCUT2D eigenvalue weighted by atomic mass is 10.1. The Kier molecular flexibility index (Phi) is 2.82. The molecule has 0 unspecified atom stereocenters. The molecule has 2 nitrogen and oxygen atoms in total. The minimum absolute atomic E-state index is 0.243. The van der Waals surface area contributed by atoms with Crippen molar-refractivity contribution in [2.75, 3.05) is 0 Å². The molecule has 0 aromatic carbocycles. The summed E-state index contributed by atoms with van der Waals surface area (Å²) >= 11 is 0. The van der Waals surface area contributed by atoms with E-state index in [1.165, 1.54) is 0 Å². The van der Waals surface area contributed by atoms with Crippen LogP contribution in [0.25, 0.3) is 0 Å². The highest BCUT2D eigenvalue weighted by Gasteiger charge is 2.90. The Bertz CT molecular complexity index is 301. The molecule has 1 heterocycles. The van der Waals surface area contributed by atoms with Crippen LogP contribution in [0.5, 0.6) is 0 Å². The van der Waals surface area contributed by atoms with Gasteiger partial charge in [-0.1, -0.05) is 0 Å². The van der Waals surface area contributed by atoms with Crippen molar-refractivity contribution in [2.24, 2.45) is 0 Å². The molecular formula is C5H3F9O2Si. The minimum atomic E-state index is -6.89. The van der Waals surface area contributed by atoms with Gasteiger partial charge in [0.15, 0.2) is 0 Å². The van der Waals surface area contributed by atoms with E-state index in [0.29, 0.717) is 0 Å². The van der Waals surface area contributed by atoms with Crippen molar-refractivity contribution in [3.63, 3.8) is 0 Å². The number of hydrogen-bond acceptors (Lipinski definition) is 2. The molecule has 0 N–H and O–H groups in total. The first-order valence-electron chi connectivity index (χ1n) is 3.78. The summed E-state index contributed by atoms with van der Waals surface area (Å²) in [6.07, 6.45) is -6.82. The van der Waals surface area contributed by atoms with Crippen molar-refractivity contribution in [2.45, 2.75) is 30.1 Å². The molecule has 0 aromatic rings. The monoisotopic (exact) mass is 294 g/mol. The SMILES string of the molecule is C[Si]1(C(F)(F)C(F)(F)C(F)(F)C(F)(F)F)OO1. The summed E-state index contributed by atoms with van der Waals surface area (Å²) in [5.74, 6) is -13.6. The van der Waals surface area contributed by atoms with Crippen LogP contribution in [-0.2, 0) is 9.15 Å². The predicted octanol–water partition coefficient (Wildman–Crippen LogP) is 3.03. The molecule has 0 radical (unpaired) electrons. The van der Waals surface area contributed by atoms with Gasteiger partial charge < -0.3 is 0 Å². The third kappa shape index (κ3) is 1.72. The Balaban J connectivity index is 3.19. The Morgan fingerprint density at radius 1 is 0.706 bits per heavy atom. The zero-order valence-electron chi connectivity index (χ0n) is 7.72. The van der Waals surface area contributed by atoms with E-state index in [-0.39, 0.29) is 6.55 Å². The van der Waals surface area contributed by atoms with Gasteiger partial charge in [-0.25, -0.2) is 9.15 Å². The molecule has 1 aliphatic heterocycles. The minimum Gasteiger partial charge on any atom is -0.250 e. The predicted molar refractivity (Wildman–Crippen MR) is 34.7 cm³/mol. The van der Waals surface area contributed by atoms with Gasteiger partial charge in [-0.15, -0.1) is 0 Å². The average Bonchev–Trinajstić information content (AvgIpc) is 2.82. The molecule has 0 atom stereocenters. The van der Waals surface area contributed by atoms with Gasteiger partial charge in [0.2, 0.25) is 0 Å². The molecule has 0 aromatic heterocycles. The molecule has 0 amide bonds. The van der Waals surface area contributed by atoms with Gasteiger partial charge in [0, 0.05) is 0 Å². The molecule has 12 heteroatoms. The first-order chi connectivity index (χ1) is 7.21. The molecule has 1 rings (SSSR count). The lowest BCUT2D eigenvalue weighted by Crippen LogP contribution is -2.66. The molecule has 17 heavy (non-hydrogen) atoms. The van der Waals surface area contributed by atoms with E-state index in [1.54, 1.807) is 0 Å². The molecule has 1 saturated heterocycles. The van der Waals surface area contributed by atoms with Crippen LogP contribution in [0.3, 0.4) is 0 Å². The smallest absolute Gasteiger partial charge is 0.250 e.